The highest BCUT2D eigenvalue weighted by atomic mass is 15.5. The van der Waals surface area contributed by atoms with Crippen molar-refractivity contribution in [3.05, 3.63) is 17.2 Å². The van der Waals surface area contributed by atoms with Gasteiger partial charge in [-0.3, -0.25) is 10.3 Å². The molecule has 1 atom stereocenters. The molecule has 8 nitrogen and oxygen atoms in total. The van der Waals surface area contributed by atoms with Crippen LogP contribution in [0, 0.1) is 17.8 Å². The first-order valence-electron chi connectivity index (χ1n) is 8.13. The number of hydrogen-bond donors (Lipinski definition) is 4. The third-order valence-corrected chi connectivity index (χ3v) is 4.38. The Hall–Kier alpha value is -1.92. The molecule has 0 amide bonds. The van der Waals surface area contributed by atoms with Crippen molar-refractivity contribution >= 4 is 5.70 Å². The van der Waals surface area contributed by atoms with Gasteiger partial charge in [0.2, 0.25) is 0 Å². The molecule has 0 saturated carbocycles. The van der Waals surface area contributed by atoms with Crippen LogP contribution in [-0.4, -0.2) is 72.5 Å². The van der Waals surface area contributed by atoms with Crippen LogP contribution in [0.25, 0.3) is 5.70 Å². The summed E-state index contributed by atoms with van der Waals surface area (Å²) in [6.07, 6.45) is 1.66. The molecule has 3 aliphatic heterocycles. The molecule has 0 spiro atoms. The average Bonchev–Trinajstić information content (AvgIpc) is 3.31. The fourth-order valence-corrected chi connectivity index (χ4v) is 3.06. The molecule has 0 aromatic carbocycles. The number of hydrogen-bond acceptors (Lipinski definition) is 7. The van der Waals surface area contributed by atoms with Crippen molar-refractivity contribution in [2.24, 2.45) is 10.9 Å². The Kier molecular flexibility index (Phi) is 4.26. The summed E-state index contributed by atoms with van der Waals surface area (Å²) >= 11 is 0. The van der Waals surface area contributed by atoms with Gasteiger partial charge >= 0.3 is 0 Å². The molecule has 23 heavy (non-hydrogen) atoms. The molecule has 2 saturated heterocycles. The lowest BCUT2D eigenvalue weighted by Gasteiger charge is -2.19. The van der Waals surface area contributed by atoms with E-state index >= 15 is 0 Å². The molecule has 0 radical (unpaired) electrons. The Balaban J connectivity index is 1.35. The van der Waals surface area contributed by atoms with E-state index in [1.165, 1.54) is 0 Å². The molecule has 2 fully saturated rings. The maximum Gasteiger partial charge on any atom is 0.157 e. The van der Waals surface area contributed by atoms with Gasteiger partial charge in [0.15, 0.2) is 5.49 Å². The maximum absolute atomic E-state index is 4.31. The van der Waals surface area contributed by atoms with Gasteiger partial charge in [0.25, 0.3) is 0 Å². The third kappa shape index (κ3) is 3.38. The SMILES string of the molecule is C(#CC1CNN(CCN2CCNC2)C1)C1=c2nc[nH]c2=NCN1. The predicted molar refractivity (Wildman–Crippen MR) is 86.1 cm³/mol. The molecule has 0 aliphatic carbocycles. The minimum absolute atomic E-state index is 0.349. The molecular weight excluding hydrogens is 292 g/mol. The topological polar surface area (TPSA) is 83.6 Å². The molecule has 1 aromatic heterocycles. The number of aromatic amines is 1. The highest BCUT2D eigenvalue weighted by Crippen LogP contribution is 2.06. The van der Waals surface area contributed by atoms with E-state index in [1.54, 1.807) is 6.33 Å². The van der Waals surface area contributed by atoms with Crippen LogP contribution in [0.2, 0.25) is 0 Å². The van der Waals surface area contributed by atoms with E-state index in [9.17, 15) is 0 Å². The van der Waals surface area contributed by atoms with E-state index in [0.29, 0.717) is 12.6 Å². The lowest BCUT2D eigenvalue weighted by molar-refractivity contribution is 0.207. The molecule has 1 aromatic rings. The third-order valence-electron chi connectivity index (χ3n) is 4.38. The molecule has 4 rings (SSSR count). The summed E-state index contributed by atoms with van der Waals surface area (Å²) in [4.78, 5) is 14.1. The average molecular weight is 314 g/mol. The van der Waals surface area contributed by atoms with E-state index in [2.05, 4.69) is 52.8 Å². The van der Waals surface area contributed by atoms with E-state index in [0.717, 1.165) is 62.5 Å². The van der Waals surface area contributed by atoms with Crippen molar-refractivity contribution < 1.29 is 0 Å². The fourth-order valence-electron chi connectivity index (χ4n) is 3.06. The van der Waals surface area contributed by atoms with Gasteiger partial charge in [-0.25, -0.2) is 15.0 Å². The summed E-state index contributed by atoms with van der Waals surface area (Å²) in [5, 5.41) is 9.67. The second-order valence-corrected chi connectivity index (χ2v) is 6.02. The smallest absolute Gasteiger partial charge is 0.157 e. The summed E-state index contributed by atoms with van der Waals surface area (Å²) in [6.45, 7) is 7.84. The van der Waals surface area contributed by atoms with Gasteiger partial charge in [0.05, 0.1) is 6.33 Å². The highest BCUT2D eigenvalue weighted by molar-refractivity contribution is 5.60. The van der Waals surface area contributed by atoms with E-state index in [1.807, 2.05) is 0 Å². The van der Waals surface area contributed by atoms with Crippen LogP contribution < -0.4 is 26.9 Å². The van der Waals surface area contributed by atoms with Crippen LogP contribution in [0.1, 0.15) is 0 Å². The molecule has 0 bridgehead atoms. The zero-order valence-corrected chi connectivity index (χ0v) is 13.1. The quantitative estimate of drug-likeness (QED) is 0.445. The van der Waals surface area contributed by atoms with E-state index in [-0.39, 0.29) is 0 Å². The van der Waals surface area contributed by atoms with E-state index in [4.69, 9.17) is 0 Å². The Morgan fingerprint density at radius 2 is 2.35 bits per heavy atom. The number of imidazole rings is 1. The van der Waals surface area contributed by atoms with Gasteiger partial charge in [-0.15, -0.1) is 0 Å². The molecule has 122 valence electrons. The van der Waals surface area contributed by atoms with Crippen LogP contribution in [0.5, 0.6) is 0 Å². The molecule has 3 aliphatic rings. The van der Waals surface area contributed by atoms with Crippen molar-refractivity contribution in [2.45, 2.75) is 0 Å². The maximum atomic E-state index is 4.31. The Morgan fingerprint density at radius 3 is 3.26 bits per heavy atom. The van der Waals surface area contributed by atoms with Gasteiger partial charge in [-0.2, -0.15) is 0 Å². The first-order valence-corrected chi connectivity index (χ1v) is 8.13. The number of H-pyrrole nitrogens is 1. The summed E-state index contributed by atoms with van der Waals surface area (Å²) in [5.74, 6) is 6.96. The van der Waals surface area contributed by atoms with Crippen molar-refractivity contribution in [2.75, 3.05) is 52.6 Å². The van der Waals surface area contributed by atoms with Gasteiger partial charge < -0.3 is 15.6 Å². The van der Waals surface area contributed by atoms with Crippen LogP contribution in [0.3, 0.4) is 0 Å². The van der Waals surface area contributed by atoms with Crippen LogP contribution in [0.15, 0.2) is 11.3 Å². The number of hydrazine groups is 1. The van der Waals surface area contributed by atoms with Gasteiger partial charge in [-0.1, -0.05) is 5.92 Å². The second kappa shape index (κ2) is 6.68. The summed E-state index contributed by atoms with van der Waals surface area (Å²) < 4.78 is 0. The minimum atomic E-state index is 0.349. The van der Waals surface area contributed by atoms with Crippen LogP contribution >= 0.6 is 0 Å². The van der Waals surface area contributed by atoms with Crippen LogP contribution in [-0.2, 0) is 0 Å². The van der Waals surface area contributed by atoms with E-state index < -0.39 is 0 Å². The summed E-state index contributed by atoms with van der Waals surface area (Å²) in [5.41, 5.74) is 5.14. The van der Waals surface area contributed by atoms with Crippen molar-refractivity contribution in [3.8, 4) is 11.8 Å². The fraction of sp³-hybridized carbons (Fsp3) is 0.600. The zero-order chi connectivity index (χ0) is 15.5. The zero-order valence-electron chi connectivity index (χ0n) is 13.1. The lowest BCUT2D eigenvalue weighted by Crippen LogP contribution is -2.38. The standard InChI is InChI=1S/C15H22N8/c1(2-13-14-15(19-9-17-13)20-10-18-14)12-7-21-23(8-12)6-5-22-4-3-16-11-22/h10,12,16-17,21H,3-9,11H2,(H,18,19,20). The lowest BCUT2D eigenvalue weighted by atomic mass is 10.1. The van der Waals surface area contributed by atoms with Crippen molar-refractivity contribution in [1.82, 2.24) is 35.9 Å². The van der Waals surface area contributed by atoms with Gasteiger partial charge in [0, 0.05) is 51.9 Å². The summed E-state index contributed by atoms with van der Waals surface area (Å²) in [7, 11) is 0. The number of aromatic nitrogens is 2. The molecule has 4 heterocycles. The molecule has 8 heteroatoms. The number of nitrogens with zero attached hydrogens (tertiary/aromatic N) is 4. The number of nitrogens with one attached hydrogen (secondary N) is 4. The Bertz CT molecular complexity index is 721. The van der Waals surface area contributed by atoms with Gasteiger partial charge in [-0.05, 0) is 5.92 Å². The van der Waals surface area contributed by atoms with Gasteiger partial charge in [0.1, 0.15) is 17.7 Å². The normalized spacial score (nSPS) is 24.7. The summed E-state index contributed by atoms with van der Waals surface area (Å²) in [6, 6.07) is 0. The van der Waals surface area contributed by atoms with Crippen molar-refractivity contribution in [1.29, 1.82) is 0 Å². The van der Waals surface area contributed by atoms with Crippen molar-refractivity contribution in [3.63, 3.8) is 0 Å². The molecule has 4 N–H and O–H groups in total. The number of fused-ring (bicyclic) bond motifs is 1. The Morgan fingerprint density at radius 1 is 1.35 bits per heavy atom. The number of rotatable bonds is 3. The predicted octanol–water partition coefficient (Wildman–Crippen LogP) is -3.00. The monoisotopic (exact) mass is 314 g/mol. The molecular formula is C15H22N8. The minimum Gasteiger partial charge on any atom is -0.357 e. The van der Waals surface area contributed by atoms with Crippen LogP contribution in [0.4, 0.5) is 0 Å². The second-order valence-electron chi connectivity index (χ2n) is 6.02. The highest BCUT2D eigenvalue weighted by Gasteiger charge is 2.21. The molecule has 1 unspecified atom stereocenters. The Labute approximate surface area is 135 Å². The largest absolute Gasteiger partial charge is 0.357 e. The first kappa shape index (κ1) is 14.7. The first-order chi connectivity index (χ1) is 11.4.